The molecule has 0 radical (unpaired) electrons. The van der Waals surface area contributed by atoms with Gasteiger partial charge >= 0.3 is 12.3 Å². The summed E-state index contributed by atoms with van der Waals surface area (Å²) in [5.41, 5.74) is 0.479. The van der Waals surface area contributed by atoms with Gasteiger partial charge in [-0.25, -0.2) is 9.78 Å². The molecule has 1 heterocycles. The molecule has 146 valence electrons. The van der Waals surface area contributed by atoms with Crippen LogP contribution in [0.1, 0.15) is 18.9 Å². The van der Waals surface area contributed by atoms with Crippen LogP contribution in [-0.4, -0.2) is 30.5 Å². The van der Waals surface area contributed by atoms with Gasteiger partial charge in [0.1, 0.15) is 11.5 Å². The van der Waals surface area contributed by atoms with Gasteiger partial charge in [-0.2, -0.15) is 13.2 Å². The lowest BCUT2D eigenvalue weighted by Gasteiger charge is -2.12. The summed E-state index contributed by atoms with van der Waals surface area (Å²) in [5, 5.41) is 2.23. The second-order valence-corrected chi connectivity index (χ2v) is 5.43. The maximum absolute atomic E-state index is 12.0. The van der Waals surface area contributed by atoms with Gasteiger partial charge in [0.25, 0.3) is 0 Å². The SMILES string of the molecule is CCCOc1ccc(Oc2ncccc2CNC(=O)OCC(F)(F)F)cc1. The Kier molecular flexibility index (Phi) is 7.27. The highest BCUT2D eigenvalue weighted by atomic mass is 19.4. The highest BCUT2D eigenvalue weighted by Crippen LogP contribution is 2.25. The Morgan fingerprint density at radius 1 is 1.15 bits per heavy atom. The Morgan fingerprint density at radius 3 is 2.52 bits per heavy atom. The fourth-order valence-corrected chi connectivity index (χ4v) is 1.95. The third kappa shape index (κ3) is 7.43. The Labute approximate surface area is 154 Å². The molecule has 9 heteroatoms. The van der Waals surface area contributed by atoms with Crippen molar-refractivity contribution in [2.24, 2.45) is 0 Å². The highest BCUT2D eigenvalue weighted by Gasteiger charge is 2.29. The van der Waals surface area contributed by atoms with Gasteiger partial charge in [-0.05, 0) is 36.8 Å². The zero-order valence-corrected chi connectivity index (χ0v) is 14.6. The molecule has 1 amide bonds. The van der Waals surface area contributed by atoms with Crippen LogP contribution in [0.15, 0.2) is 42.6 Å². The molecular formula is C18H19F3N2O4. The first-order valence-corrected chi connectivity index (χ1v) is 8.19. The summed E-state index contributed by atoms with van der Waals surface area (Å²) in [6, 6.07) is 10.2. The van der Waals surface area contributed by atoms with Crippen molar-refractivity contribution in [3.8, 4) is 17.4 Å². The molecule has 0 unspecified atom stereocenters. The van der Waals surface area contributed by atoms with E-state index in [1.807, 2.05) is 6.92 Å². The van der Waals surface area contributed by atoms with E-state index < -0.39 is 18.9 Å². The van der Waals surface area contributed by atoms with Crippen LogP contribution >= 0.6 is 0 Å². The van der Waals surface area contributed by atoms with Crippen LogP contribution in [0.25, 0.3) is 0 Å². The fraction of sp³-hybridized carbons (Fsp3) is 0.333. The average Bonchev–Trinajstić information content (AvgIpc) is 2.64. The molecule has 0 spiro atoms. The van der Waals surface area contributed by atoms with Crippen LogP contribution < -0.4 is 14.8 Å². The molecule has 0 fully saturated rings. The molecule has 0 aliphatic heterocycles. The van der Waals surface area contributed by atoms with Crippen molar-refractivity contribution >= 4 is 6.09 Å². The monoisotopic (exact) mass is 384 g/mol. The largest absolute Gasteiger partial charge is 0.494 e. The summed E-state index contributed by atoms with van der Waals surface area (Å²) in [7, 11) is 0. The smallest absolute Gasteiger partial charge is 0.422 e. The molecule has 27 heavy (non-hydrogen) atoms. The molecule has 0 bridgehead atoms. The number of nitrogens with zero attached hydrogens (tertiary/aromatic N) is 1. The zero-order valence-electron chi connectivity index (χ0n) is 14.6. The highest BCUT2D eigenvalue weighted by molar-refractivity contribution is 5.67. The van der Waals surface area contributed by atoms with Crippen molar-refractivity contribution in [2.45, 2.75) is 26.1 Å². The molecule has 0 aliphatic carbocycles. The summed E-state index contributed by atoms with van der Waals surface area (Å²) in [5.74, 6) is 1.42. The molecule has 2 rings (SSSR count). The molecule has 0 aliphatic rings. The minimum absolute atomic E-state index is 0.0996. The van der Waals surface area contributed by atoms with Crippen LogP contribution in [0.2, 0.25) is 0 Å². The van der Waals surface area contributed by atoms with E-state index in [0.29, 0.717) is 23.7 Å². The predicted molar refractivity (Wildman–Crippen MR) is 90.8 cm³/mol. The van der Waals surface area contributed by atoms with E-state index in [1.165, 1.54) is 6.20 Å². The van der Waals surface area contributed by atoms with E-state index in [9.17, 15) is 18.0 Å². The number of ether oxygens (including phenoxy) is 3. The number of hydrogen-bond donors (Lipinski definition) is 1. The van der Waals surface area contributed by atoms with E-state index in [-0.39, 0.29) is 12.4 Å². The number of amides is 1. The molecule has 1 N–H and O–H groups in total. The normalized spacial score (nSPS) is 11.0. The Hall–Kier alpha value is -2.97. The number of halogens is 3. The number of carbonyl (C=O) groups excluding carboxylic acids is 1. The minimum Gasteiger partial charge on any atom is -0.494 e. The first kappa shape index (κ1) is 20.3. The number of rotatable bonds is 8. The maximum atomic E-state index is 12.0. The van der Waals surface area contributed by atoms with Gasteiger partial charge in [-0.15, -0.1) is 0 Å². The van der Waals surface area contributed by atoms with Crippen LogP contribution in [0.3, 0.4) is 0 Å². The fourth-order valence-electron chi connectivity index (χ4n) is 1.95. The lowest BCUT2D eigenvalue weighted by Crippen LogP contribution is -2.28. The van der Waals surface area contributed by atoms with Gasteiger partial charge in [-0.1, -0.05) is 13.0 Å². The van der Waals surface area contributed by atoms with E-state index in [1.54, 1.807) is 36.4 Å². The van der Waals surface area contributed by atoms with Crippen LogP contribution in [0.5, 0.6) is 17.4 Å². The third-order valence-electron chi connectivity index (χ3n) is 3.15. The van der Waals surface area contributed by atoms with Gasteiger partial charge in [0.2, 0.25) is 5.88 Å². The predicted octanol–water partition coefficient (Wildman–Crippen LogP) is 4.45. The molecule has 0 atom stereocenters. The summed E-state index contributed by atoms with van der Waals surface area (Å²) >= 11 is 0. The topological polar surface area (TPSA) is 69.7 Å². The van der Waals surface area contributed by atoms with Gasteiger partial charge in [0.05, 0.1) is 13.2 Å². The maximum Gasteiger partial charge on any atom is 0.422 e. The van der Waals surface area contributed by atoms with Crippen molar-refractivity contribution in [1.29, 1.82) is 0 Å². The van der Waals surface area contributed by atoms with Crippen molar-refractivity contribution in [3.63, 3.8) is 0 Å². The molecule has 2 aromatic rings. The Balaban J connectivity index is 1.94. The number of pyridine rings is 1. The van der Waals surface area contributed by atoms with Crippen molar-refractivity contribution in [1.82, 2.24) is 10.3 Å². The number of alkyl halides is 3. The van der Waals surface area contributed by atoms with Crippen molar-refractivity contribution in [3.05, 3.63) is 48.2 Å². The first-order chi connectivity index (χ1) is 12.9. The number of aromatic nitrogens is 1. The van der Waals surface area contributed by atoms with Gasteiger partial charge < -0.3 is 19.5 Å². The first-order valence-electron chi connectivity index (χ1n) is 8.19. The van der Waals surface area contributed by atoms with Crippen molar-refractivity contribution in [2.75, 3.05) is 13.2 Å². The lowest BCUT2D eigenvalue weighted by molar-refractivity contribution is -0.160. The Bertz CT molecular complexity index is 736. The summed E-state index contributed by atoms with van der Waals surface area (Å²) in [4.78, 5) is 15.4. The van der Waals surface area contributed by atoms with Gasteiger partial charge in [0.15, 0.2) is 6.61 Å². The number of carbonyl (C=O) groups is 1. The third-order valence-corrected chi connectivity index (χ3v) is 3.15. The van der Waals surface area contributed by atoms with E-state index >= 15 is 0 Å². The van der Waals surface area contributed by atoms with E-state index in [2.05, 4.69) is 15.0 Å². The minimum atomic E-state index is -4.58. The average molecular weight is 384 g/mol. The van der Waals surface area contributed by atoms with Crippen LogP contribution in [0.4, 0.5) is 18.0 Å². The molecule has 0 saturated carbocycles. The van der Waals surface area contributed by atoms with Crippen LogP contribution in [-0.2, 0) is 11.3 Å². The number of alkyl carbamates (subject to hydrolysis) is 1. The molecule has 0 saturated heterocycles. The standard InChI is InChI=1S/C18H19F3N2O4/c1-2-10-25-14-5-7-15(8-6-14)27-16-13(4-3-9-22-16)11-23-17(24)26-12-18(19,20)21/h3-9H,2,10-12H2,1H3,(H,23,24). The number of benzene rings is 1. The lowest BCUT2D eigenvalue weighted by atomic mass is 10.2. The number of nitrogens with one attached hydrogen (secondary N) is 1. The summed E-state index contributed by atoms with van der Waals surface area (Å²) in [6.45, 7) is 0.868. The Morgan fingerprint density at radius 2 is 1.85 bits per heavy atom. The van der Waals surface area contributed by atoms with Gasteiger partial charge in [-0.3, -0.25) is 0 Å². The quantitative estimate of drug-likeness (QED) is 0.728. The van der Waals surface area contributed by atoms with Crippen LogP contribution in [0, 0.1) is 0 Å². The second-order valence-electron chi connectivity index (χ2n) is 5.43. The van der Waals surface area contributed by atoms with Crippen molar-refractivity contribution < 1.29 is 32.2 Å². The molecule has 6 nitrogen and oxygen atoms in total. The van der Waals surface area contributed by atoms with E-state index in [0.717, 1.165) is 6.42 Å². The number of hydrogen-bond acceptors (Lipinski definition) is 5. The molecular weight excluding hydrogens is 365 g/mol. The summed E-state index contributed by atoms with van der Waals surface area (Å²) in [6.07, 6.45) is -3.36. The molecule has 1 aromatic heterocycles. The summed E-state index contributed by atoms with van der Waals surface area (Å²) < 4.78 is 51.4. The zero-order chi connectivity index (χ0) is 19.7. The van der Waals surface area contributed by atoms with E-state index in [4.69, 9.17) is 9.47 Å². The molecule has 1 aromatic carbocycles. The van der Waals surface area contributed by atoms with Gasteiger partial charge in [0, 0.05) is 11.8 Å². The second kappa shape index (κ2) is 9.65.